The highest BCUT2D eigenvalue weighted by molar-refractivity contribution is 5.81. The summed E-state index contributed by atoms with van der Waals surface area (Å²) in [7, 11) is 0. The van der Waals surface area contributed by atoms with Gasteiger partial charge in [-0.3, -0.25) is 20.2 Å². The first-order valence-corrected chi connectivity index (χ1v) is 16.9. The zero-order valence-corrected chi connectivity index (χ0v) is 27.5. The summed E-state index contributed by atoms with van der Waals surface area (Å²) in [6.45, 7) is 6.24. The topological polar surface area (TPSA) is 257 Å². The van der Waals surface area contributed by atoms with Gasteiger partial charge in [-0.2, -0.15) is 0 Å². The van der Waals surface area contributed by atoms with Crippen LogP contribution in [0.2, 0.25) is 0 Å². The third-order valence-electron chi connectivity index (χ3n) is 7.41. The molecule has 0 aromatic heterocycles. The lowest BCUT2D eigenvalue weighted by molar-refractivity contribution is -0.123. The molecule has 0 saturated heterocycles. The normalized spacial score (nSPS) is 15.0. The van der Waals surface area contributed by atoms with Crippen molar-refractivity contribution in [1.29, 1.82) is 0 Å². The standard InChI is InChI=1S/C30H68N10O4/c1-24(40-23-44-28(36)16-6-9-19-37-22-43-27(35)15-3-8-18-32)12-4-10-20-38-30(42)26(34)14-5-11-21-39-29(41)25(33)13-2-7-17-31/h24-28,37,40H,2-23,31-36H2,1H3,(H,38,42)(H,39,41). The Bertz CT molecular complexity index is 680. The number of carbonyl (C=O) groups excluding carboxylic acids is 2. The monoisotopic (exact) mass is 633 g/mol. The molecule has 5 unspecified atom stereocenters. The highest BCUT2D eigenvalue weighted by Crippen LogP contribution is 2.04. The summed E-state index contributed by atoms with van der Waals surface area (Å²) >= 11 is 0. The smallest absolute Gasteiger partial charge is 0.236 e. The van der Waals surface area contributed by atoms with Crippen molar-refractivity contribution < 1.29 is 19.1 Å². The largest absolute Gasteiger partial charge is 0.355 e. The molecule has 16 N–H and O–H groups in total. The molecule has 2 amide bonds. The molecule has 44 heavy (non-hydrogen) atoms. The Morgan fingerprint density at radius 1 is 0.568 bits per heavy atom. The van der Waals surface area contributed by atoms with Crippen molar-refractivity contribution in [2.75, 3.05) is 46.2 Å². The van der Waals surface area contributed by atoms with Gasteiger partial charge >= 0.3 is 0 Å². The number of ether oxygens (including phenoxy) is 2. The zero-order chi connectivity index (χ0) is 32.8. The average Bonchev–Trinajstić information content (AvgIpc) is 3.00. The van der Waals surface area contributed by atoms with Crippen LogP contribution in [0.1, 0.15) is 103 Å². The predicted molar refractivity (Wildman–Crippen MR) is 178 cm³/mol. The second-order valence-electron chi connectivity index (χ2n) is 11.7. The molecule has 14 heteroatoms. The Balaban J connectivity index is 3.63. The summed E-state index contributed by atoms with van der Waals surface area (Å²) in [5.74, 6) is -0.273. The van der Waals surface area contributed by atoms with E-state index in [9.17, 15) is 9.59 Å². The summed E-state index contributed by atoms with van der Waals surface area (Å²) in [6.07, 6.45) is 12.2. The number of nitrogens with two attached hydrogens (primary N) is 6. The molecule has 0 radical (unpaired) electrons. The van der Waals surface area contributed by atoms with E-state index >= 15 is 0 Å². The minimum absolute atomic E-state index is 0.133. The molecule has 0 bridgehead atoms. The first-order valence-electron chi connectivity index (χ1n) is 16.9. The van der Waals surface area contributed by atoms with Gasteiger partial charge in [-0.25, -0.2) is 0 Å². The number of rotatable bonds is 32. The summed E-state index contributed by atoms with van der Waals surface area (Å²) in [5.41, 5.74) is 34.8. The number of nitrogens with one attached hydrogen (secondary N) is 4. The summed E-state index contributed by atoms with van der Waals surface area (Å²) < 4.78 is 11.2. The summed E-state index contributed by atoms with van der Waals surface area (Å²) in [4.78, 5) is 24.2. The van der Waals surface area contributed by atoms with E-state index in [-0.39, 0.29) is 30.3 Å². The van der Waals surface area contributed by atoms with Crippen LogP contribution >= 0.6 is 0 Å². The maximum atomic E-state index is 12.2. The van der Waals surface area contributed by atoms with Crippen molar-refractivity contribution in [1.82, 2.24) is 21.3 Å². The highest BCUT2D eigenvalue weighted by atomic mass is 16.5. The van der Waals surface area contributed by atoms with Gasteiger partial charge in [0.05, 0.1) is 25.5 Å². The molecule has 14 nitrogen and oxygen atoms in total. The number of unbranched alkanes of at least 4 members (excludes halogenated alkanes) is 5. The lowest BCUT2D eigenvalue weighted by Gasteiger charge is -2.18. The molecule has 0 aliphatic heterocycles. The minimum atomic E-state index is -0.544. The van der Waals surface area contributed by atoms with Gasteiger partial charge in [0.15, 0.2) is 0 Å². The van der Waals surface area contributed by atoms with Crippen LogP contribution in [0.4, 0.5) is 0 Å². The van der Waals surface area contributed by atoms with Crippen LogP contribution in [-0.4, -0.2) is 88.6 Å². The molecule has 0 aromatic rings. The van der Waals surface area contributed by atoms with Gasteiger partial charge < -0.3 is 54.5 Å². The fourth-order valence-electron chi connectivity index (χ4n) is 4.41. The molecule has 0 aromatic carbocycles. The Hall–Kier alpha value is -1.46. The SMILES string of the molecule is CC(CCCCNC(=O)C(N)CCCCNC(=O)C(N)CCCCN)NCOC(N)CCCCNCOC(N)CCCCN. The van der Waals surface area contributed by atoms with E-state index < -0.39 is 12.1 Å². The highest BCUT2D eigenvalue weighted by Gasteiger charge is 2.14. The van der Waals surface area contributed by atoms with Crippen LogP contribution < -0.4 is 55.7 Å². The Morgan fingerprint density at radius 3 is 1.55 bits per heavy atom. The molecule has 0 aliphatic carbocycles. The van der Waals surface area contributed by atoms with E-state index in [1.54, 1.807) is 0 Å². The lowest BCUT2D eigenvalue weighted by Crippen LogP contribution is -2.42. The van der Waals surface area contributed by atoms with E-state index in [0.717, 1.165) is 90.0 Å². The van der Waals surface area contributed by atoms with Crippen LogP contribution in [-0.2, 0) is 19.1 Å². The first kappa shape index (κ1) is 42.5. The lowest BCUT2D eigenvalue weighted by atomic mass is 10.1. The van der Waals surface area contributed by atoms with E-state index in [0.29, 0.717) is 52.5 Å². The second-order valence-corrected chi connectivity index (χ2v) is 11.7. The van der Waals surface area contributed by atoms with Crippen LogP contribution in [0.5, 0.6) is 0 Å². The van der Waals surface area contributed by atoms with Gasteiger partial charge in [0.25, 0.3) is 0 Å². The van der Waals surface area contributed by atoms with Crippen LogP contribution in [0.3, 0.4) is 0 Å². The van der Waals surface area contributed by atoms with Crippen molar-refractivity contribution in [3.05, 3.63) is 0 Å². The van der Waals surface area contributed by atoms with E-state index in [4.69, 9.17) is 43.9 Å². The molecular weight excluding hydrogens is 564 g/mol. The van der Waals surface area contributed by atoms with Gasteiger partial charge in [-0.15, -0.1) is 0 Å². The van der Waals surface area contributed by atoms with Crippen molar-refractivity contribution in [2.24, 2.45) is 34.4 Å². The van der Waals surface area contributed by atoms with E-state index in [1.807, 2.05) is 0 Å². The third-order valence-corrected chi connectivity index (χ3v) is 7.41. The molecule has 0 aliphatic rings. The van der Waals surface area contributed by atoms with Gasteiger partial charge in [-0.1, -0.05) is 12.8 Å². The molecule has 5 atom stereocenters. The summed E-state index contributed by atoms with van der Waals surface area (Å²) in [6, 6.07) is -0.757. The molecule has 262 valence electrons. The molecule has 0 heterocycles. The van der Waals surface area contributed by atoms with Crippen LogP contribution in [0, 0.1) is 0 Å². The Morgan fingerprint density at radius 2 is 1.00 bits per heavy atom. The fourth-order valence-corrected chi connectivity index (χ4v) is 4.41. The van der Waals surface area contributed by atoms with Gasteiger partial charge in [0.2, 0.25) is 11.8 Å². The van der Waals surface area contributed by atoms with Gasteiger partial charge in [0, 0.05) is 19.1 Å². The van der Waals surface area contributed by atoms with Crippen molar-refractivity contribution >= 4 is 11.8 Å². The molecule has 0 saturated carbocycles. The van der Waals surface area contributed by atoms with E-state index in [2.05, 4.69) is 28.2 Å². The first-order chi connectivity index (χ1) is 21.2. The number of hydrogen-bond donors (Lipinski definition) is 10. The molecule has 0 spiro atoms. The zero-order valence-electron chi connectivity index (χ0n) is 27.5. The maximum absolute atomic E-state index is 12.2. The number of amides is 2. The minimum Gasteiger partial charge on any atom is -0.355 e. The van der Waals surface area contributed by atoms with Crippen molar-refractivity contribution in [3.63, 3.8) is 0 Å². The fraction of sp³-hybridized carbons (Fsp3) is 0.933. The van der Waals surface area contributed by atoms with Gasteiger partial charge in [-0.05, 0) is 110 Å². The van der Waals surface area contributed by atoms with Crippen LogP contribution in [0.25, 0.3) is 0 Å². The second kappa shape index (κ2) is 30.2. The van der Waals surface area contributed by atoms with Crippen molar-refractivity contribution in [2.45, 2.75) is 134 Å². The average molecular weight is 633 g/mol. The van der Waals surface area contributed by atoms with Gasteiger partial charge in [0.1, 0.15) is 12.5 Å². The molecule has 0 fully saturated rings. The van der Waals surface area contributed by atoms with Crippen molar-refractivity contribution in [3.8, 4) is 0 Å². The molecule has 0 rings (SSSR count). The number of carbonyl (C=O) groups is 2. The maximum Gasteiger partial charge on any atom is 0.236 e. The Kier molecular flexibility index (Phi) is 29.2. The Labute approximate surface area is 266 Å². The summed E-state index contributed by atoms with van der Waals surface area (Å²) in [5, 5.41) is 12.3. The predicted octanol–water partition coefficient (Wildman–Crippen LogP) is -0.272. The quantitative estimate of drug-likeness (QED) is 0.0339. The molecular formula is C30H68N10O4. The van der Waals surface area contributed by atoms with E-state index in [1.165, 1.54) is 0 Å². The third kappa shape index (κ3) is 26.9. The van der Waals surface area contributed by atoms with Crippen LogP contribution in [0.15, 0.2) is 0 Å². The number of hydrogen-bond acceptors (Lipinski definition) is 12.